The van der Waals surface area contributed by atoms with Gasteiger partial charge in [-0.25, -0.2) is 4.98 Å². The summed E-state index contributed by atoms with van der Waals surface area (Å²) < 4.78 is 5.41. The second-order valence-corrected chi connectivity index (χ2v) is 5.99. The van der Waals surface area contributed by atoms with Crippen LogP contribution in [0.2, 0.25) is 0 Å². The van der Waals surface area contributed by atoms with E-state index in [1.165, 1.54) is 11.3 Å². The van der Waals surface area contributed by atoms with Crippen molar-refractivity contribution in [3.8, 4) is 5.75 Å². The number of nitrogens with zero attached hydrogens (tertiary/aromatic N) is 3. The highest BCUT2D eigenvalue weighted by molar-refractivity contribution is 5.37. The smallest absolute Gasteiger partial charge is 0.119 e. The van der Waals surface area contributed by atoms with E-state index in [1.807, 2.05) is 30.5 Å². The molecule has 1 aliphatic rings. The summed E-state index contributed by atoms with van der Waals surface area (Å²) in [5.41, 5.74) is 4.59. The molecule has 0 saturated heterocycles. The Morgan fingerprint density at radius 2 is 2.17 bits per heavy atom. The minimum absolute atomic E-state index is 0.108. The molecule has 0 spiro atoms. The maximum absolute atomic E-state index is 5.41. The third kappa shape index (κ3) is 2.78. The quantitative estimate of drug-likeness (QED) is 0.803. The van der Waals surface area contributed by atoms with Crippen molar-refractivity contribution in [2.75, 3.05) is 13.7 Å². The van der Waals surface area contributed by atoms with Crippen LogP contribution in [0, 0.1) is 0 Å². The van der Waals surface area contributed by atoms with E-state index < -0.39 is 0 Å². The zero-order chi connectivity index (χ0) is 16.4. The van der Waals surface area contributed by atoms with Crippen molar-refractivity contribution >= 4 is 0 Å². The van der Waals surface area contributed by atoms with Crippen LogP contribution in [0.1, 0.15) is 28.7 Å². The monoisotopic (exact) mass is 320 g/mol. The van der Waals surface area contributed by atoms with Crippen molar-refractivity contribution in [2.45, 2.75) is 19.0 Å². The van der Waals surface area contributed by atoms with E-state index in [0.717, 1.165) is 36.6 Å². The molecule has 1 atom stereocenters. The standard InChI is InChI=1S/C19H20N4O/c1-24-16-7-4-5-14(11-16)19-18-17(21-13-22-18)8-10-23(19)12-15-6-2-3-9-20-15/h2-7,9,11,13,19H,8,10,12H2,1H3,(H,21,22)/t19-/m1/s1. The second-order valence-electron chi connectivity index (χ2n) is 5.99. The van der Waals surface area contributed by atoms with Gasteiger partial charge >= 0.3 is 0 Å². The van der Waals surface area contributed by atoms with Crippen LogP contribution in [-0.2, 0) is 13.0 Å². The molecule has 0 amide bonds. The SMILES string of the molecule is COc1cccc([C@@H]2c3nc[nH]c3CCN2Cc2ccccn2)c1. The third-order valence-corrected chi connectivity index (χ3v) is 4.53. The van der Waals surface area contributed by atoms with Crippen LogP contribution in [0.3, 0.4) is 0 Å². The van der Waals surface area contributed by atoms with E-state index in [2.05, 4.69) is 38.1 Å². The minimum atomic E-state index is 0.108. The number of fused-ring (bicyclic) bond motifs is 1. The van der Waals surface area contributed by atoms with Crippen LogP contribution in [0.4, 0.5) is 0 Å². The number of benzene rings is 1. The summed E-state index contributed by atoms with van der Waals surface area (Å²) in [7, 11) is 1.70. The van der Waals surface area contributed by atoms with E-state index in [0.29, 0.717) is 0 Å². The maximum Gasteiger partial charge on any atom is 0.119 e. The Labute approximate surface area is 141 Å². The Morgan fingerprint density at radius 1 is 1.21 bits per heavy atom. The number of H-pyrrole nitrogens is 1. The lowest BCUT2D eigenvalue weighted by Crippen LogP contribution is -2.36. The van der Waals surface area contributed by atoms with Crippen LogP contribution in [-0.4, -0.2) is 33.5 Å². The highest BCUT2D eigenvalue weighted by Crippen LogP contribution is 2.35. The average molecular weight is 320 g/mol. The summed E-state index contributed by atoms with van der Waals surface area (Å²) in [6.07, 6.45) is 4.62. The number of rotatable bonds is 4. The summed E-state index contributed by atoms with van der Waals surface area (Å²) in [6.45, 7) is 1.77. The molecule has 5 heteroatoms. The molecule has 24 heavy (non-hydrogen) atoms. The number of hydrogen-bond donors (Lipinski definition) is 1. The molecule has 0 saturated carbocycles. The molecular weight excluding hydrogens is 300 g/mol. The molecular formula is C19H20N4O. The lowest BCUT2D eigenvalue weighted by atomic mass is 9.95. The zero-order valence-electron chi connectivity index (χ0n) is 13.6. The van der Waals surface area contributed by atoms with Crippen LogP contribution >= 0.6 is 0 Å². The van der Waals surface area contributed by atoms with Gasteiger partial charge in [0.15, 0.2) is 0 Å². The molecule has 2 aromatic heterocycles. The van der Waals surface area contributed by atoms with Crippen LogP contribution in [0.25, 0.3) is 0 Å². The van der Waals surface area contributed by atoms with E-state index in [-0.39, 0.29) is 6.04 Å². The van der Waals surface area contributed by atoms with Crippen molar-refractivity contribution < 1.29 is 4.74 Å². The number of imidazole rings is 1. The summed E-state index contributed by atoms with van der Waals surface area (Å²) in [6, 6.07) is 14.4. The van der Waals surface area contributed by atoms with Gasteiger partial charge < -0.3 is 9.72 Å². The van der Waals surface area contributed by atoms with Crippen molar-refractivity contribution in [3.63, 3.8) is 0 Å². The molecule has 122 valence electrons. The van der Waals surface area contributed by atoms with Crippen molar-refractivity contribution in [1.82, 2.24) is 19.9 Å². The van der Waals surface area contributed by atoms with Gasteiger partial charge in [0.05, 0.1) is 30.9 Å². The first-order chi connectivity index (χ1) is 11.8. The number of pyridine rings is 1. The molecule has 4 rings (SSSR count). The Bertz CT molecular complexity index is 815. The molecule has 1 aromatic carbocycles. The average Bonchev–Trinajstić information content (AvgIpc) is 3.11. The Kier molecular flexibility index (Phi) is 4.01. The van der Waals surface area contributed by atoms with Gasteiger partial charge in [-0.05, 0) is 29.8 Å². The molecule has 0 bridgehead atoms. The number of hydrogen-bond acceptors (Lipinski definition) is 4. The van der Waals surface area contributed by atoms with Crippen molar-refractivity contribution in [1.29, 1.82) is 0 Å². The lowest BCUT2D eigenvalue weighted by Gasteiger charge is -2.35. The maximum atomic E-state index is 5.41. The topological polar surface area (TPSA) is 54.0 Å². The van der Waals surface area contributed by atoms with Gasteiger partial charge in [-0.15, -0.1) is 0 Å². The number of methoxy groups -OCH3 is 1. The van der Waals surface area contributed by atoms with Crippen LogP contribution in [0.5, 0.6) is 5.75 Å². The second kappa shape index (κ2) is 6.45. The molecule has 1 aliphatic heterocycles. The van der Waals surface area contributed by atoms with E-state index in [4.69, 9.17) is 4.74 Å². The van der Waals surface area contributed by atoms with E-state index in [1.54, 1.807) is 13.4 Å². The highest BCUT2D eigenvalue weighted by Gasteiger charge is 2.31. The highest BCUT2D eigenvalue weighted by atomic mass is 16.5. The Balaban J connectivity index is 1.72. The zero-order valence-corrected chi connectivity index (χ0v) is 13.6. The van der Waals surface area contributed by atoms with Crippen LogP contribution in [0.15, 0.2) is 55.0 Å². The fourth-order valence-electron chi connectivity index (χ4n) is 3.38. The van der Waals surface area contributed by atoms with Crippen molar-refractivity contribution in [3.05, 3.63) is 77.6 Å². The first-order valence-electron chi connectivity index (χ1n) is 8.15. The fraction of sp³-hybridized carbons (Fsp3) is 0.263. The fourth-order valence-corrected chi connectivity index (χ4v) is 3.38. The molecule has 0 aliphatic carbocycles. The minimum Gasteiger partial charge on any atom is -0.497 e. The van der Waals surface area contributed by atoms with E-state index >= 15 is 0 Å². The predicted molar refractivity (Wildman–Crippen MR) is 91.8 cm³/mol. The predicted octanol–water partition coefficient (Wildman–Crippen LogP) is 2.96. The Hall–Kier alpha value is -2.66. The van der Waals surface area contributed by atoms with Gasteiger partial charge in [0.2, 0.25) is 0 Å². The molecule has 5 nitrogen and oxygen atoms in total. The summed E-state index contributed by atoms with van der Waals surface area (Å²) >= 11 is 0. The van der Waals surface area contributed by atoms with Gasteiger partial charge in [0.25, 0.3) is 0 Å². The van der Waals surface area contributed by atoms with Gasteiger partial charge in [0.1, 0.15) is 5.75 Å². The molecule has 1 N–H and O–H groups in total. The molecule has 0 radical (unpaired) electrons. The molecule has 0 fully saturated rings. The summed E-state index contributed by atoms with van der Waals surface area (Å²) in [4.78, 5) is 14.8. The Morgan fingerprint density at radius 3 is 3.00 bits per heavy atom. The summed E-state index contributed by atoms with van der Waals surface area (Å²) in [5, 5.41) is 0. The molecule has 3 heterocycles. The lowest BCUT2D eigenvalue weighted by molar-refractivity contribution is 0.197. The molecule has 3 aromatic rings. The molecule has 0 unspecified atom stereocenters. The van der Waals surface area contributed by atoms with Crippen molar-refractivity contribution in [2.24, 2.45) is 0 Å². The van der Waals surface area contributed by atoms with Crippen LogP contribution < -0.4 is 4.74 Å². The number of aromatic nitrogens is 3. The first kappa shape index (κ1) is 14.9. The van der Waals surface area contributed by atoms with Gasteiger partial charge in [-0.1, -0.05) is 18.2 Å². The first-order valence-corrected chi connectivity index (χ1v) is 8.15. The number of aromatic amines is 1. The van der Waals surface area contributed by atoms with E-state index in [9.17, 15) is 0 Å². The van der Waals surface area contributed by atoms with Gasteiger partial charge in [-0.2, -0.15) is 0 Å². The number of nitrogens with one attached hydrogen (secondary N) is 1. The summed E-state index contributed by atoms with van der Waals surface area (Å²) in [5.74, 6) is 0.868. The largest absolute Gasteiger partial charge is 0.497 e. The van der Waals surface area contributed by atoms with Gasteiger partial charge in [-0.3, -0.25) is 9.88 Å². The third-order valence-electron chi connectivity index (χ3n) is 4.53. The normalized spacial score (nSPS) is 17.5. The number of ether oxygens (including phenoxy) is 1. The van der Waals surface area contributed by atoms with Gasteiger partial charge in [0, 0.05) is 31.4 Å².